The molecule has 0 radical (unpaired) electrons. The highest BCUT2D eigenvalue weighted by Gasteiger charge is 2.22. The van der Waals surface area contributed by atoms with Crippen LogP contribution in [0.3, 0.4) is 0 Å². The minimum absolute atomic E-state index is 0.158. The third-order valence-electron chi connectivity index (χ3n) is 4.07. The molecule has 1 amide bonds. The second-order valence-corrected chi connectivity index (χ2v) is 7.28. The van der Waals surface area contributed by atoms with Crippen LogP contribution < -0.4 is 11.1 Å². The first kappa shape index (κ1) is 16.2. The minimum atomic E-state index is 0.158. The summed E-state index contributed by atoms with van der Waals surface area (Å²) in [4.78, 5) is 12.1. The summed E-state index contributed by atoms with van der Waals surface area (Å²) in [5.74, 6) is 1.32. The topological polar surface area (TPSA) is 55.1 Å². The number of nitrogens with one attached hydrogen (secondary N) is 1. The van der Waals surface area contributed by atoms with Crippen LogP contribution in [0.25, 0.3) is 0 Å². The molecule has 1 aliphatic carbocycles. The van der Waals surface area contributed by atoms with Crippen LogP contribution in [0.15, 0.2) is 24.3 Å². The largest absolute Gasteiger partial charge is 0.399 e. The molecule has 116 valence electrons. The molecule has 2 unspecified atom stereocenters. The highest BCUT2D eigenvalue weighted by molar-refractivity contribution is 7.99. The molecule has 1 aromatic carbocycles. The summed E-state index contributed by atoms with van der Waals surface area (Å²) < 4.78 is 0. The standard InChI is InChI=1S/C17H26N2OS/c1-2-21-15-8-5-7-14(12-15)19-17(20)11-10-13-6-3-4-9-16(13)18/h3-4,6,9,14-15H,2,5,7-8,10-12,18H2,1H3,(H,19,20). The van der Waals surface area contributed by atoms with Crippen molar-refractivity contribution in [1.82, 2.24) is 5.32 Å². The first-order chi connectivity index (χ1) is 10.2. The van der Waals surface area contributed by atoms with Gasteiger partial charge in [0.1, 0.15) is 0 Å². The van der Waals surface area contributed by atoms with Crippen LogP contribution in [0.1, 0.15) is 44.6 Å². The molecule has 3 nitrogen and oxygen atoms in total. The quantitative estimate of drug-likeness (QED) is 0.792. The smallest absolute Gasteiger partial charge is 0.220 e. The van der Waals surface area contributed by atoms with Gasteiger partial charge in [-0.25, -0.2) is 0 Å². The number of hydrogen-bond acceptors (Lipinski definition) is 3. The minimum Gasteiger partial charge on any atom is -0.399 e. The molecule has 0 heterocycles. The average Bonchev–Trinajstić information content (AvgIpc) is 2.47. The van der Waals surface area contributed by atoms with Crippen LogP contribution in [-0.4, -0.2) is 23.0 Å². The normalized spacial score (nSPS) is 22.0. The summed E-state index contributed by atoms with van der Waals surface area (Å²) in [6.45, 7) is 2.21. The van der Waals surface area contributed by atoms with Crippen LogP contribution in [0.5, 0.6) is 0 Å². The number of nitrogen functional groups attached to an aromatic ring is 1. The van der Waals surface area contributed by atoms with E-state index in [1.807, 2.05) is 36.0 Å². The second kappa shape index (κ2) is 8.32. The van der Waals surface area contributed by atoms with Gasteiger partial charge < -0.3 is 11.1 Å². The average molecular weight is 306 g/mol. The molecule has 1 saturated carbocycles. The van der Waals surface area contributed by atoms with Gasteiger partial charge in [-0.3, -0.25) is 4.79 Å². The molecule has 2 rings (SSSR count). The molecule has 1 aromatic rings. The lowest BCUT2D eigenvalue weighted by atomic mass is 9.94. The number of para-hydroxylation sites is 1. The van der Waals surface area contributed by atoms with Gasteiger partial charge in [0.15, 0.2) is 0 Å². The molecular formula is C17H26N2OS. The number of hydrogen-bond donors (Lipinski definition) is 2. The molecule has 0 aromatic heterocycles. The van der Waals surface area contributed by atoms with E-state index in [1.165, 1.54) is 18.6 Å². The number of carbonyl (C=O) groups excluding carboxylic acids is 1. The summed E-state index contributed by atoms with van der Waals surface area (Å²) in [6.07, 6.45) is 6.02. The van der Waals surface area contributed by atoms with Gasteiger partial charge in [-0.05, 0) is 43.1 Å². The van der Waals surface area contributed by atoms with Crippen molar-refractivity contribution >= 4 is 23.4 Å². The number of aryl methyl sites for hydroxylation is 1. The van der Waals surface area contributed by atoms with Gasteiger partial charge in [0.25, 0.3) is 0 Å². The summed E-state index contributed by atoms with van der Waals surface area (Å²) in [6, 6.07) is 8.14. The van der Waals surface area contributed by atoms with Crippen molar-refractivity contribution < 1.29 is 4.79 Å². The van der Waals surface area contributed by atoms with Crippen molar-refractivity contribution in [2.75, 3.05) is 11.5 Å². The molecule has 21 heavy (non-hydrogen) atoms. The van der Waals surface area contributed by atoms with Gasteiger partial charge in [-0.15, -0.1) is 0 Å². The molecule has 1 fully saturated rings. The first-order valence-electron chi connectivity index (χ1n) is 7.93. The Labute approximate surface area is 132 Å². The van der Waals surface area contributed by atoms with Crippen molar-refractivity contribution in [2.24, 2.45) is 0 Å². The number of amides is 1. The fourth-order valence-corrected chi connectivity index (χ4v) is 4.15. The van der Waals surface area contributed by atoms with Crippen LogP contribution >= 0.6 is 11.8 Å². The Morgan fingerprint density at radius 3 is 2.95 bits per heavy atom. The lowest BCUT2D eigenvalue weighted by Gasteiger charge is -2.29. The predicted octanol–water partition coefficient (Wildman–Crippen LogP) is 3.38. The highest BCUT2D eigenvalue weighted by Crippen LogP contribution is 2.28. The molecule has 1 aliphatic rings. The van der Waals surface area contributed by atoms with Gasteiger partial charge in [-0.2, -0.15) is 11.8 Å². The summed E-state index contributed by atoms with van der Waals surface area (Å²) >= 11 is 2.03. The highest BCUT2D eigenvalue weighted by atomic mass is 32.2. The zero-order valence-corrected chi connectivity index (χ0v) is 13.6. The number of nitrogens with two attached hydrogens (primary N) is 1. The molecule has 3 N–H and O–H groups in total. The monoisotopic (exact) mass is 306 g/mol. The van der Waals surface area contributed by atoms with Gasteiger partial charge >= 0.3 is 0 Å². The van der Waals surface area contributed by atoms with E-state index in [9.17, 15) is 4.79 Å². The van der Waals surface area contributed by atoms with Crippen molar-refractivity contribution in [3.05, 3.63) is 29.8 Å². The van der Waals surface area contributed by atoms with E-state index in [0.29, 0.717) is 12.5 Å². The van der Waals surface area contributed by atoms with E-state index in [1.54, 1.807) is 0 Å². The maximum atomic E-state index is 12.1. The number of carbonyl (C=O) groups is 1. The maximum absolute atomic E-state index is 12.1. The lowest BCUT2D eigenvalue weighted by molar-refractivity contribution is -0.121. The first-order valence-corrected chi connectivity index (χ1v) is 8.98. The van der Waals surface area contributed by atoms with Gasteiger partial charge in [0, 0.05) is 23.4 Å². The second-order valence-electron chi connectivity index (χ2n) is 5.71. The molecule has 0 spiro atoms. The maximum Gasteiger partial charge on any atom is 0.220 e. The van der Waals surface area contributed by atoms with Crippen LogP contribution in [-0.2, 0) is 11.2 Å². The SMILES string of the molecule is CCSC1CCCC(NC(=O)CCc2ccccc2N)C1. The molecule has 0 saturated heterocycles. The molecule has 0 aliphatic heterocycles. The zero-order valence-electron chi connectivity index (χ0n) is 12.8. The van der Waals surface area contributed by atoms with Crippen molar-refractivity contribution in [1.29, 1.82) is 0 Å². The number of anilines is 1. The Morgan fingerprint density at radius 1 is 1.38 bits per heavy atom. The molecular weight excluding hydrogens is 280 g/mol. The third kappa shape index (κ3) is 5.27. The Morgan fingerprint density at radius 2 is 2.19 bits per heavy atom. The zero-order chi connectivity index (χ0) is 15.1. The number of thioether (sulfide) groups is 1. The Kier molecular flexibility index (Phi) is 6.43. The molecule has 4 heteroatoms. The molecule has 2 atom stereocenters. The van der Waals surface area contributed by atoms with Crippen molar-refractivity contribution in [3.63, 3.8) is 0 Å². The van der Waals surface area contributed by atoms with Gasteiger partial charge in [0.05, 0.1) is 0 Å². The van der Waals surface area contributed by atoms with E-state index < -0.39 is 0 Å². The van der Waals surface area contributed by atoms with Crippen LogP contribution in [0.2, 0.25) is 0 Å². The van der Waals surface area contributed by atoms with Crippen LogP contribution in [0, 0.1) is 0 Å². The summed E-state index contributed by atoms with van der Waals surface area (Å²) in [5, 5.41) is 3.93. The Bertz CT molecular complexity index is 462. The molecule has 0 bridgehead atoms. The van der Waals surface area contributed by atoms with E-state index in [4.69, 9.17) is 5.73 Å². The summed E-state index contributed by atoms with van der Waals surface area (Å²) in [5.41, 5.74) is 7.75. The lowest BCUT2D eigenvalue weighted by Crippen LogP contribution is -2.39. The van der Waals surface area contributed by atoms with E-state index in [2.05, 4.69) is 12.2 Å². The third-order valence-corrected chi connectivity index (χ3v) is 5.30. The Balaban J connectivity index is 1.75. The fraction of sp³-hybridized carbons (Fsp3) is 0.588. The van der Waals surface area contributed by atoms with E-state index >= 15 is 0 Å². The Hall–Kier alpha value is -1.16. The summed E-state index contributed by atoms with van der Waals surface area (Å²) in [7, 11) is 0. The van der Waals surface area contributed by atoms with Crippen molar-refractivity contribution in [3.8, 4) is 0 Å². The van der Waals surface area contributed by atoms with Crippen LogP contribution in [0.4, 0.5) is 5.69 Å². The predicted molar refractivity (Wildman–Crippen MR) is 91.5 cm³/mol. The number of rotatable bonds is 6. The van der Waals surface area contributed by atoms with E-state index in [-0.39, 0.29) is 5.91 Å². The van der Waals surface area contributed by atoms with E-state index in [0.717, 1.165) is 35.8 Å². The van der Waals surface area contributed by atoms with Gasteiger partial charge in [-0.1, -0.05) is 31.5 Å². The van der Waals surface area contributed by atoms with Crippen molar-refractivity contribution in [2.45, 2.75) is 56.7 Å². The fourth-order valence-electron chi connectivity index (χ4n) is 2.97. The number of benzene rings is 1. The van der Waals surface area contributed by atoms with Gasteiger partial charge in [0.2, 0.25) is 5.91 Å².